The Bertz CT molecular complexity index is 760. The number of benzene rings is 1. The Morgan fingerprint density at radius 1 is 1.29 bits per heavy atom. The van der Waals surface area contributed by atoms with Crippen LogP contribution >= 0.6 is 11.6 Å². The van der Waals surface area contributed by atoms with Gasteiger partial charge < -0.3 is 10.4 Å². The highest BCUT2D eigenvalue weighted by Crippen LogP contribution is 2.34. The maximum Gasteiger partial charge on any atom is 0.426 e. The maximum absolute atomic E-state index is 14.2. The number of carbonyl (C=O) groups is 1. The zero-order valence-electron chi connectivity index (χ0n) is 12.7. The molecule has 24 heavy (non-hydrogen) atoms. The van der Waals surface area contributed by atoms with Crippen LogP contribution in [0.2, 0.25) is 5.02 Å². The smallest absolute Gasteiger partial charge is 0.373 e. The zero-order chi connectivity index (χ0) is 19.1. The summed E-state index contributed by atoms with van der Waals surface area (Å²) in [5.41, 5.74) is -4.35. The third-order valence-electron chi connectivity index (χ3n) is 3.22. The molecule has 0 aliphatic rings. The molecule has 1 aromatic rings. The highest BCUT2D eigenvalue weighted by atomic mass is 35.5. The van der Waals surface area contributed by atoms with Gasteiger partial charge in [0.05, 0.1) is 10.9 Å². The minimum absolute atomic E-state index is 0.212. The molecule has 0 aliphatic carbocycles. The summed E-state index contributed by atoms with van der Waals surface area (Å²) in [6.07, 6.45) is -5.27. The van der Waals surface area contributed by atoms with E-state index < -0.39 is 54.2 Å². The van der Waals surface area contributed by atoms with Crippen molar-refractivity contribution in [1.29, 1.82) is 0 Å². The second-order valence-corrected chi connectivity index (χ2v) is 8.21. The number of amides is 1. The highest BCUT2D eigenvalue weighted by molar-refractivity contribution is 7.92. The number of nitrogens with one attached hydrogen (secondary N) is 1. The maximum atomic E-state index is 14.2. The molecule has 1 unspecified atom stereocenters. The van der Waals surface area contributed by atoms with Crippen LogP contribution in [0, 0.1) is 5.82 Å². The predicted molar refractivity (Wildman–Crippen MR) is 79.0 cm³/mol. The normalized spacial score (nSPS) is 15.2. The summed E-state index contributed by atoms with van der Waals surface area (Å²) in [6, 6.07) is 1.61. The molecule has 1 amide bonds. The van der Waals surface area contributed by atoms with Crippen LogP contribution in [0.4, 0.5) is 23.2 Å². The van der Waals surface area contributed by atoms with Crippen LogP contribution in [0.25, 0.3) is 0 Å². The first kappa shape index (κ1) is 20.7. The summed E-state index contributed by atoms with van der Waals surface area (Å²) in [7, 11) is -4.03. The van der Waals surface area contributed by atoms with Gasteiger partial charge in [-0.05, 0) is 32.9 Å². The van der Waals surface area contributed by atoms with Crippen molar-refractivity contribution in [1.82, 2.24) is 0 Å². The van der Waals surface area contributed by atoms with Crippen molar-refractivity contribution in [3.63, 3.8) is 0 Å². The molecule has 11 heteroatoms. The average Bonchev–Trinajstić information content (AvgIpc) is 2.42. The van der Waals surface area contributed by atoms with Gasteiger partial charge in [0, 0.05) is 0 Å². The minimum atomic E-state index is -5.27. The van der Waals surface area contributed by atoms with Gasteiger partial charge in [-0.15, -0.1) is 0 Å². The van der Waals surface area contributed by atoms with Gasteiger partial charge in [-0.2, -0.15) is 13.2 Å². The first-order chi connectivity index (χ1) is 10.6. The molecule has 1 atom stereocenters. The lowest BCUT2D eigenvalue weighted by Gasteiger charge is -2.25. The number of alkyl halides is 3. The third-order valence-corrected chi connectivity index (χ3v) is 5.76. The molecule has 0 heterocycles. The quantitative estimate of drug-likeness (QED) is 0.773. The Kier molecular flexibility index (Phi) is 5.58. The lowest BCUT2D eigenvalue weighted by atomic mass is 10.1. The molecular weight excluding hydrogens is 378 g/mol. The summed E-state index contributed by atoms with van der Waals surface area (Å²) in [6.45, 7) is 2.82. The topological polar surface area (TPSA) is 83.5 Å². The van der Waals surface area contributed by atoms with Gasteiger partial charge in [0.1, 0.15) is 9.92 Å². The van der Waals surface area contributed by atoms with Crippen molar-refractivity contribution in [3.05, 3.63) is 23.0 Å². The molecule has 2 N–H and O–H groups in total. The number of hydrogen-bond donors (Lipinski definition) is 2. The molecule has 0 spiro atoms. The molecule has 0 bridgehead atoms. The second-order valence-electron chi connectivity index (χ2n) is 5.36. The van der Waals surface area contributed by atoms with Gasteiger partial charge >= 0.3 is 6.18 Å². The Morgan fingerprint density at radius 2 is 1.79 bits per heavy atom. The van der Waals surface area contributed by atoms with E-state index in [1.165, 1.54) is 13.8 Å². The number of carbonyl (C=O) groups excluding carboxylic acids is 1. The molecule has 0 saturated heterocycles. The van der Waals surface area contributed by atoms with Gasteiger partial charge in [-0.3, -0.25) is 4.79 Å². The number of hydrogen-bond acceptors (Lipinski definition) is 4. The first-order valence-corrected chi connectivity index (χ1v) is 8.39. The fourth-order valence-electron chi connectivity index (χ4n) is 1.47. The zero-order valence-corrected chi connectivity index (χ0v) is 14.3. The summed E-state index contributed by atoms with van der Waals surface area (Å²) in [5, 5.41) is 9.01. The van der Waals surface area contributed by atoms with Crippen molar-refractivity contribution in [2.45, 2.75) is 42.7 Å². The molecule has 0 radical (unpaired) electrons. The van der Waals surface area contributed by atoms with Gasteiger partial charge in [0.25, 0.3) is 5.91 Å². The van der Waals surface area contributed by atoms with Crippen LogP contribution in [-0.2, 0) is 14.6 Å². The van der Waals surface area contributed by atoms with E-state index in [2.05, 4.69) is 0 Å². The molecule has 5 nitrogen and oxygen atoms in total. The average molecular weight is 392 g/mol. The van der Waals surface area contributed by atoms with Crippen molar-refractivity contribution >= 4 is 33.0 Å². The van der Waals surface area contributed by atoms with Crippen LogP contribution in [-0.4, -0.2) is 36.5 Å². The molecule has 0 aromatic heterocycles. The first-order valence-electron chi connectivity index (χ1n) is 6.46. The van der Waals surface area contributed by atoms with E-state index in [1.807, 2.05) is 0 Å². The second kappa shape index (κ2) is 6.49. The molecule has 136 valence electrons. The van der Waals surface area contributed by atoms with Crippen molar-refractivity contribution in [2.24, 2.45) is 0 Å². The number of sulfone groups is 1. The number of anilines is 1. The van der Waals surface area contributed by atoms with E-state index in [1.54, 1.807) is 5.32 Å². The fourth-order valence-corrected chi connectivity index (χ4v) is 2.86. The van der Waals surface area contributed by atoms with E-state index in [9.17, 15) is 35.9 Å². The Balaban J connectivity index is 3.28. The molecule has 0 aliphatic heterocycles. The third kappa shape index (κ3) is 3.65. The number of halogens is 5. The number of rotatable bonds is 4. The van der Waals surface area contributed by atoms with Crippen LogP contribution < -0.4 is 5.32 Å². The SMILES string of the molecule is CC(C)S(=O)(=O)c1ccc(NC(=O)C(C)(O)C(F)(F)F)c(Cl)c1F. The fraction of sp³-hybridized carbons (Fsp3) is 0.462. The van der Waals surface area contributed by atoms with Gasteiger partial charge in [-0.1, -0.05) is 11.6 Å². The van der Waals surface area contributed by atoms with Crippen molar-refractivity contribution < 1.29 is 35.9 Å². The van der Waals surface area contributed by atoms with Gasteiger partial charge in [-0.25, -0.2) is 12.8 Å². The highest BCUT2D eigenvalue weighted by Gasteiger charge is 2.55. The monoisotopic (exact) mass is 391 g/mol. The van der Waals surface area contributed by atoms with Crippen LogP contribution in [0.1, 0.15) is 20.8 Å². The van der Waals surface area contributed by atoms with Crippen molar-refractivity contribution in [2.75, 3.05) is 5.32 Å². The van der Waals surface area contributed by atoms with Crippen LogP contribution in [0.15, 0.2) is 17.0 Å². The molecule has 0 fully saturated rings. The standard InChI is InChI=1S/C13H14ClF4NO4S/c1-6(2)24(22,23)8-5-4-7(9(14)10(8)15)19-11(20)12(3,21)13(16,17)18/h4-6,21H,1-3H3,(H,19,20). The summed E-state index contributed by atoms with van der Waals surface area (Å²) in [4.78, 5) is 10.8. The van der Waals surface area contributed by atoms with E-state index >= 15 is 0 Å². The van der Waals surface area contributed by atoms with Gasteiger partial charge in [0.15, 0.2) is 15.7 Å². The lowest BCUT2D eigenvalue weighted by Crippen LogP contribution is -2.52. The van der Waals surface area contributed by atoms with E-state index in [0.717, 1.165) is 12.1 Å². The summed E-state index contributed by atoms with van der Waals surface area (Å²) in [5.74, 6) is -3.30. The Labute approximate surface area is 140 Å². The number of aliphatic hydroxyl groups is 1. The summed E-state index contributed by atoms with van der Waals surface area (Å²) < 4.78 is 75.8. The van der Waals surface area contributed by atoms with E-state index in [0.29, 0.717) is 0 Å². The summed E-state index contributed by atoms with van der Waals surface area (Å²) >= 11 is 5.60. The largest absolute Gasteiger partial charge is 0.426 e. The lowest BCUT2D eigenvalue weighted by molar-refractivity contribution is -0.242. The van der Waals surface area contributed by atoms with Crippen LogP contribution in [0.3, 0.4) is 0 Å². The Hall–Kier alpha value is -1.39. The van der Waals surface area contributed by atoms with E-state index in [-0.39, 0.29) is 6.92 Å². The Morgan fingerprint density at radius 3 is 2.21 bits per heavy atom. The molecular formula is C13H14ClF4NO4S. The predicted octanol–water partition coefficient (Wildman–Crippen LogP) is 2.91. The van der Waals surface area contributed by atoms with Gasteiger partial charge in [0.2, 0.25) is 5.60 Å². The van der Waals surface area contributed by atoms with Crippen LogP contribution in [0.5, 0.6) is 0 Å². The van der Waals surface area contributed by atoms with Crippen molar-refractivity contribution in [3.8, 4) is 0 Å². The molecule has 0 saturated carbocycles. The minimum Gasteiger partial charge on any atom is -0.373 e. The molecule has 1 rings (SSSR count). The molecule has 1 aromatic carbocycles. The van der Waals surface area contributed by atoms with E-state index in [4.69, 9.17) is 11.6 Å².